The number of halogens is 1. The smallest absolute Gasteiger partial charge is 0.296 e. The Labute approximate surface area is 177 Å². The molecule has 6 heteroatoms. The zero-order valence-corrected chi connectivity index (χ0v) is 18.2. The minimum absolute atomic E-state index is 0.133. The summed E-state index contributed by atoms with van der Waals surface area (Å²) >= 11 is 0. The van der Waals surface area contributed by atoms with Crippen molar-refractivity contribution in [1.82, 2.24) is 9.21 Å². The van der Waals surface area contributed by atoms with Crippen LogP contribution in [-0.2, 0) is 11.2 Å². The number of likely N-dealkylation sites (N-methyl/N-ethyl adjacent to an activating group) is 1. The lowest BCUT2D eigenvalue weighted by Gasteiger charge is -2.59. The van der Waals surface area contributed by atoms with E-state index < -0.39 is 9.35 Å². The van der Waals surface area contributed by atoms with Crippen molar-refractivity contribution in [3.8, 4) is 0 Å². The van der Waals surface area contributed by atoms with E-state index in [0.717, 1.165) is 44.9 Å². The van der Waals surface area contributed by atoms with Gasteiger partial charge in [-0.25, -0.2) is 9.38 Å². The summed E-state index contributed by atoms with van der Waals surface area (Å²) in [5.74, 6) is -0.201. The number of likely N-dealkylation sites (tertiary alicyclic amines) is 1. The lowest BCUT2D eigenvalue weighted by Crippen LogP contribution is -2.46. The van der Waals surface area contributed by atoms with Crippen LogP contribution in [0.3, 0.4) is 0 Å². The predicted molar refractivity (Wildman–Crippen MR) is 121 cm³/mol. The molecular weight excluding hydrogens is 397 g/mol. The standard InChI is InChI=1S/C24H28FN3OS/c1-27-13-4-12-24(17-27)18-29-23(26-24)28-14-11-19-5-2-3-6-22(19)30(28,15-16-30)21-9-7-20(25)8-10-21/h2-3,5-10,15-16,30H,4,11-14,17-18H2,1H3. The van der Waals surface area contributed by atoms with Gasteiger partial charge in [-0.2, -0.15) is 9.35 Å². The Morgan fingerprint density at radius 3 is 2.63 bits per heavy atom. The van der Waals surface area contributed by atoms with Gasteiger partial charge in [0.2, 0.25) is 0 Å². The fourth-order valence-electron chi connectivity index (χ4n) is 5.80. The average molecular weight is 426 g/mol. The van der Waals surface area contributed by atoms with Crippen molar-refractivity contribution in [3.05, 3.63) is 70.7 Å². The van der Waals surface area contributed by atoms with Gasteiger partial charge < -0.3 is 9.64 Å². The van der Waals surface area contributed by atoms with Crippen molar-refractivity contribution in [1.29, 1.82) is 0 Å². The number of fused-ring (bicyclic) bond motifs is 2. The maximum absolute atomic E-state index is 13.8. The quantitative estimate of drug-likeness (QED) is 0.686. The van der Waals surface area contributed by atoms with Gasteiger partial charge in [0.05, 0.1) is 0 Å². The Bertz CT molecular complexity index is 1080. The first-order valence-electron chi connectivity index (χ1n) is 10.8. The second-order valence-corrected chi connectivity index (χ2v) is 13.7. The third-order valence-corrected chi connectivity index (χ3v) is 12.7. The highest BCUT2D eigenvalue weighted by atomic mass is 32.3. The van der Waals surface area contributed by atoms with Crippen molar-refractivity contribution < 1.29 is 9.13 Å². The number of hydrogen-bond acceptors (Lipinski definition) is 4. The molecule has 2 aromatic rings. The maximum Gasteiger partial charge on any atom is 0.296 e. The van der Waals surface area contributed by atoms with Crippen LogP contribution in [-0.4, -0.2) is 54.1 Å². The lowest BCUT2D eigenvalue weighted by molar-refractivity contribution is 0.141. The zero-order chi connectivity index (χ0) is 20.4. The second-order valence-electron chi connectivity index (χ2n) is 9.23. The molecular formula is C24H28FN3OS. The molecule has 4 nitrogen and oxygen atoms in total. The minimum atomic E-state index is -2.86. The van der Waals surface area contributed by atoms with E-state index in [1.807, 2.05) is 12.1 Å². The third kappa shape index (κ3) is 2.35. The summed E-state index contributed by atoms with van der Waals surface area (Å²) < 4.78 is 22.6. The van der Waals surface area contributed by atoms with Gasteiger partial charge in [-0.3, -0.25) is 4.31 Å². The Morgan fingerprint density at radius 1 is 1.07 bits per heavy atom. The molecule has 0 bridgehead atoms. The largest absolute Gasteiger partial charge is 0.462 e. The van der Waals surface area contributed by atoms with E-state index in [4.69, 9.17) is 9.73 Å². The summed E-state index contributed by atoms with van der Waals surface area (Å²) in [6.45, 7) is 3.59. The highest BCUT2D eigenvalue weighted by Gasteiger charge is 2.58. The number of aliphatic imine (C=N–C) groups is 1. The lowest BCUT2D eigenvalue weighted by atomic mass is 9.91. The minimum Gasteiger partial charge on any atom is -0.462 e. The number of rotatable bonds is 1. The molecule has 0 aromatic heterocycles. The van der Waals surface area contributed by atoms with Crippen molar-refractivity contribution in [3.63, 3.8) is 0 Å². The van der Waals surface area contributed by atoms with Crippen LogP contribution in [0.15, 0.2) is 74.1 Å². The third-order valence-electron chi connectivity index (χ3n) is 7.33. The number of hydrogen-bond donors (Lipinski definition) is 1. The van der Waals surface area contributed by atoms with Crippen molar-refractivity contribution >= 4 is 15.4 Å². The van der Waals surface area contributed by atoms with Gasteiger partial charge in [-0.1, -0.05) is 18.2 Å². The van der Waals surface area contributed by atoms with E-state index in [1.54, 1.807) is 12.1 Å². The summed E-state index contributed by atoms with van der Waals surface area (Å²) in [4.78, 5) is 10.1. The Morgan fingerprint density at radius 2 is 1.87 bits per heavy atom. The molecule has 4 aliphatic heterocycles. The normalized spacial score (nSPS) is 29.7. The number of thiol groups is 1. The molecule has 4 aliphatic rings. The number of benzene rings is 2. The molecule has 1 atom stereocenters. The van der Waals surface area contributed by atoms with E-state index in [2.05, 4.69) is 51.3 Å². The Kier molecular flexibility index (Phi) is 3.76. The first-order chi connectivity index (χ1) is 14.5. The zero-order valence-electron chi connectivity index (χ0n) is 17.3. The van der Waals surface area contributed by atoms with Crippen LogP contribution in [0.4, 0.5) is 4.39 Å². The molecule has 0 N–H and O–H groups in total. The van der Waals surface area contributed by atoms with Crippen molar-refractivity contribution in [2.45, 2.75) is 34.6 Å². The molecule has 2 aromatic carbocycles. The molecule has 0 radical (unpaired) electrons. The van der Waals surface area contributed by atoms with E-state index in [-0.39, 0.29) is 11.4 Å². The number of amidine groups is 1. The van der Waals surface area contributed by atoms with Crippen LogP contribution in [0.2, 0.25) is 0 Å². The highest BCUT2D eigenvalue weighted by molar-refractivity contribution is 8.57. The van der Waals surface area contributed by atoms with Gasteiger partial charge in [0.25, 0.3) is 6.02 Å². The van der Waals surface area contributed by atoms with Gasteiger partial charge in [-0.15, -0.1) is 0 Å². The maximum atomic E-state index is 13.8. The van der Waals surface area contributed by atoms with E-state index >= 15 is 0 Å². The molecule has 6 rings (SSSR count). The Balaban J connectivity index is 1.51. The molecule has 2 spiro atoms. The average Bonchev–Trinajstić information content (AvgIpc) is 3.38. The van der Waals surface area contributed by atoms with Crippen LogP contribution in [0.5, 0.6) is 0 Å². The van der Waals surface area contributed by atoms with Gasteiger partial charge in [0.1, 0.15) is 18.0 Å². The molecule has 4 heterocycles. The predicted octanol–water partition coefficient (Wildman–Crippen LogP) is 4.42. The van der Waals surface area contributed by atoms with Gasteiger partial charge in [0, 0.05) is 18.0 Å². The number of nitrogens with zero attached hydrogens (tertiary/aromatic N) is 3. The SMILES string of the molecule is CN1CCCC2(COC(N3CCc4ccccc4[SH]34(c3ccc(F)cc3)C=C4)=N2)C1. The molecule has 30 heavy (non-hydrogen) atoms. The molecule has 1 fully saturated rings. The first kappa shape index (κ1) is 18.5. The fourth-order valence-corrected chi connectivity index (χ4v) is 11.3. The Hall–Kier alpha value is -2.31. The van der Waals surface area contributed by atoms with E-state index in [1.165, 1.54) is 15.4 Å². The van der Waals surface area contributed by atoms with Crippen LogP contribution < -0.4 is 0 Å². The van der Waals surface area contributed by atoms with Crippen LogP contribution in [0, 0.1) is 5.82 Å². The summed E-state index contributed by atoms with van der Waals surface area (Å²) in [7, 11) is -0.690. The summed E-state index contributed by atoms with van der Waals surface area (Å²) in [6.07, 6.45) is 3.19. The van der Waals surface area contributed by atoms with E-state index in [0.29, 0.717) is 6.61 Å². The summed E-state index contributed by atoms with van der Waals surface area (Å²) in [5, 5.41) is 4.72. The van der Waals surface area contributed by atoms with Crippen molar-refractivity contribution in [2.75, 3.05) is 33.3 Å². The fraction of sp³-hybridized carbons (Fsp3) is 0.375. The van der Waals surface area contributed by atoms with Crippen LogP contribution in [0.1, 0.15) is 18.4 Å². The van der Waals surface area contributed by atoms with Gasteiger partial charge in [0.15, 0.2) is 0 Å². The number of ether oxygens (including phenoxy) is 1. The monoisotopic (exact) mass is 425 g/mol. The summed E-state index contributed by atoms with van der Waals surface area (Å²) in [5.41, 5.74) is 1.25. The molecule has 0 amide bonds. The van der Waals surface area contributed by atoms with Gasteiger partial charge >= 0.3 is 0 Å². The molecule has 158 valence electrons. The molecule has 1 unspecified atom stereocenters. The molecule has 0 saturated carbocycles. The van der Waals surface area contributed by atoms with Crippen LogP contribution in [0.25, 0.3) is 0 Å². The van der Waals surface area contributed by atoms with Crippen LogP contribution >= 0.6 is 9.35 Å². The first-order valence-corrected chi connectivity index (χ1v) is 13.1. The highest BCUT2D eigenvalue weighted by Crippen LogP contribution is 2.95. The molecule has 0 aliphatic carbocycles. The second kappa shape index (κ2) is 6.11. The van der Waals surface area contributed by atoms with E-state index in [9.17, 15) is 4.39 Å². The molecule has 1 saturated heterocycles. The number of piperidine rings is 1. The van der Waals surface area contributed by atoms with Gasteiger partial charge in [-0.05, 0) is 84.5 Å². The van der Waals surface area contributed by atoms with Crippen molar-refractivity contribution in [2.24, 2.45) is 4.99 Å². The summed E-state index contributed by atoms with van der Waals surface area (Å²) in [6, 6.07) is 16.6. The topological polar surface area (TPSA) is 28.1 Å².